The van der Waals surface area contributed by atoms with E-state index in [-0.39, 0.29) is 0 Å². The minimum Gasteiger partial charge on any atom is -0.460 e. The maximum atomic E-state index is 5.70. The molecule has 0 aliphatic heterocycles. The molecule has 0 radical (unpaired) electrons. The molecule has 0 saturated heterocycles. The zero-order chi connectivity index (χ0) is 14.7. The summed E-state index contributed by atoms with van der Waals surface area (Å²) in [6.45, 7) is 2.80. The third-order valence-corrected chi connectivity index (χ3v) is 5.43. The van der Waals surface area contributed by atoms with Gasteiger partial charge in [-0.1, -0.05) is 12.8 Å². The first-order valence-corrected chi connectivity index (χ1v) is 8.92. The maximum absolute atomic E-state index is 5.70. The van der Waals surface area contributed by atoms with Crippen LogP contribution in [0.1, 0.15) is 37.0 Å². The highest BCUT2D eigenvalue weighted by atomic mass is 32.2. The molecule has 1 fully saturated rings. The number of thioether (sulfide) groups is 1. The highest BCUT2D eigenvalue weighted by molar-refractivity contribution is 7.99. The van der Waals surface area contributed by atoms with E-state index in [2.05, 4.69) is 21.8 Å². The maximum Gasteiger partial charge on any atom is 0.152 e. The number of hydrogen-bond donors (Lipinski definition) is 2. The summed E-state index contributed by atoms with van der Waals surface area (Å²) in [5.41, 5.74) is 2.17. The van der Waals surface area contributed by atoms with Crippen LogP contribution in [0.25, 0.3) is 11.5 Å². The number of aromatic nitrogens is 2. The Balaban J connectivity index is 1.67. The molecule has 3 rings (SSSR count). The zero-order valence-corrected chi connectivity index (χ0v) is 13.5. The minimum atomic E-state index is 0.606. The second-order valence-electron chi connectivity index (χ2n) is 5.73. The molecule has 1 aliphatic rings. The Labute approximate surface area is 130 Å². The smallest absolute Gasteiger partial charge is 0.152 e. The van der Waals surface area contributed by atoms with E-state index in [4.69, 9.17) is 4.42 Å². The Morgan fingerprint density at radius 1 is 1.38 bits per heavy atom. The van der Waals surface area contributed by atoms with Crippen molar-refractivity contribution in [3.05, 3.63) is 29.7 Å². The lowest BCUT2D eigenvalue weighted by Gasteiger charge is -2.31. The van der Waals surface area contributed by atoms with Crippen molar-refractivity contribution >= 4 is 11.8 Å². The summed E-state index contributed by atoms with van der Waals surface area (Å²) in [7, 11) is 0. The van der Waals surface area contributed by atoms with E-state index in [1.165, 1.54) is 31.2 Å². The van der Waals surface area contributed by atoms with Crippen LogP contribution in [0, 0.1) is 6.92 Å². The standard InChI is InChI=1S/C16H23N3OS/c1-11-7-8-14(20-11)16-12(10-18-19-16)9-17-13-5-3-4-6-15(13)21-2/h7-8,10,13,15,17H,3-6,9H2,1-2H3,(H,18,19). The third-order valence-electron chi connectivity index (χ3n) is 4.26. The van der Waals surface area contributed by atoms with Gasteiger partial charge in [0.05, 0.1) is 6.20 Å². The van der Waals surface area contributed by atoms with Crippen molar-refractivity contribution < 1.29 is 4.42 Å². The Kier molecular flexibility index (Phi) is 4.70. The topological polar surface area (TPSA) is 53.9 Å². The quantitative estimate of drug-likeness (QED) is 0.883. The monoisotopic (exact) mass is 305 g/mol. The summed E-state index contributed by atoms with van der Waals surface area (Å²) >= 11 is 1.99. The van der Waals surface area contributed by atoms with Gasteiger partial charge in [0.15, 0.2) is 5.76 Å². The average Bonchev–Trinajstić information content (AvgIpc) is 3.13. The largest absolute Gasteiger partial charge is 0.460 e. The predicted molar refractivity (Wildman–Crippen MR) is 87.4 cm³/mol. The van der Waals surface area contributed by atoms with Crippen molar-refractivity contribution in [1.29, 1.82) is 0 Å². The van der Waals surface area contributed by atoms with Gasteiger partial charge in [0.1, 0.15) is 11.5 Å². The minimum absolute atomic E-state index is 0.606. The van der Waals surface area contributed by atoms with Crippen LogP contribution in [-0.2, 0) is 6.54 Å². The molecule has 0 bridgehead atoms. The van der Waals surface area contributed by atoms with Crippen LogP contribution in [0.3, 0.4) is 0 Å². The normalized spacial score (nSPS) is 22.6. The number of H-pyrrole nitrogens is 1. The summed E-state index contributed by atoms with van der Waals surface area (Å²) < 4.78 is 5.70. The number of aryl methyl sites for hydroxylation is 1. The van der Waals surface area contributed by atoms with Crippen LogP contribution in [0.15, 0.2) is 22.7 Å². The molecule has 2 unspecified atom stereocenters. The molecule has 0 amide bonds. The van der Waals surface area contributed by atoms with Gasteiger partial charge < -0.3 is 9.73 Å². The molecule has 2 aromatic rings. The molecule has 1 aliphatic carbocycles. The second kappa shape index (κ2) is 6.71. The first-order chi connectivity index (χ1) is 10.3. The lowest BCUT2D eigenvalue weighted by Crippen LogP contribution is -2.39. The van der Waals surface area contributed by atoms with E-state index in [1.807, 2.05) is 37.0 Å². The molecule has 0 spiro atoms. The van der Waals surface area contributed by atoms with Crippen LogP contribution in [0.2, 0.25) is 0 Å². The summed E-state index contributed by atoms with van der Waals surface area (Å²) in [6, 6.07) is 4.59. The van der Waals surface area contributed by atoms with Crippen molar-refractivity contribution in [1.82, 2.24) is 15.5 Å². The lowest BCUT2D eigenvalue weighted by molar-refractivity contribution is 0.383. The Morgan fingerprint density at radius 2 is 2.24 bits per heavy atom. The molecule has 1 saturated carbocycles. The first kappa shape index (κ1) is 14.7. The number of hydrogen-bond acceptors (Lipinski definition) is 4. The lowest BCUT2D eigenvalue weighted by atomic mass is 9.94. The van der Waals surface area contributed by atoms with E-state index < -0.39 is 0 Å². The summed E-state index contributed by atoms with van der Waals surface area (Å²) in [5, 5.41) is 11.7. The van der Waals surface area contributed by atoms with Crippen LogP contribution in [0.5, 0.6) is 0 Å². The van der Waals surface area contributed by atoms with Gasteiger partial charge in [0, 0.05) is 23.4 Å². The van der Waals surface area contributed by atoms with Gasteiger partial charge in [-0.15, -0.1) is 0 Å². The molecule has 21 heavy (non-hydrogen) atoms. The molecule has 2 atom stereocenters. The second-order valence-corrected chi connectivity index (χ2v) is 6.80. The van der Waals surface area contributed by atoms with Crippen molar-refractivity contribution in [2.24, 2.45) is 0 Å². The van der Waals surface area contributed by atoms with Crippen LogP contribution in [-0.4, -0.2) is 27.7 Å². The molecular formula is C16H23N3OS. The van der Waals surface area contributed by atoms with E-state index in [9.17, 15) is 0 Å². The Bertz CT molecular complexity index is 578. The fourth-order valence-corrected chi connectivity index (χ4v) is 4.04. The molecule has 5 heteroatoms. The van der Waals surface area contributed by atoms with Crippen LogP contribution in [0.4, 0.5) is 0 Å². The van der Waals surface area contributed by atoms with Gasteiger partial charge in [0.2, 0.25) is 0 Å². The third kappa shape index (κ3) is 3.35. The molecule has 2 heterocycles. The van der Waals surface area contributed by atoms with E-state index in [0.717, 1.165) is 29.0 Å². The van der Waals surface area contributed by atoms with Crippen molar-refractivity contribution in [2.45, 2.75) is 50.4 Å². The Morgan fingerprint density at radius 3 is 3.00 bits per heavy atom. The van der Waals surface area contributed by atoms with Gasteiger partial charge in [0.25, 0.3) is 0 Å². The molecule has 114 valence electrons. The number of furan rings is 1. The van der Waals surface area contributed by atoms with Crippen LogP contribution >= 0.6 is 11.8 Å². The van der Waals surface area contributed by atoms with Crippen LogP contribution < -0.4 is 5.32 Å². The van der Waals surface area contributed by atoms with Gasteiger partial charge in [-0.2, -0.15) is 16.9 Å². The fraction of sp³-hybridized carbons (Fsp3) is 0.562. The molecule has 2 aromatic heterocycles. The van der Waals surface area contributed by atoms with E-state index in [1.54, 1.807) is 0 Å². The van der Waals surface area contributed by atoms with Gasteiger partial charge >= 0.3 is 0 Å². The fourth-order valence-electron chi connectivity index (χ4n) is 3.08. The SMILES string of the molecule is CSC1CCCCC1NCc1cn[nH]c1-c1ccc(C)o1. The van der Waals surface area contributed by atoms with E-state index >= 15 is 0 Å². The highest BCUT2D eigenvalue weighted by Gasteiger charge is 2.24. The Hall–Kier alpha value is -1.20. The van der Waals surface area contributed by atoms with Gasteiger partial charge in [-0.3, -0.25) is 5.10 Å². The van der Waals surface area contributed by atoms with Crippen molar-refractivity contribution in [3.8, 4) is 11.5 Å². The molecular weight excluding hydrogens is 282 g/mol. The van der Waals surface area contributed by atoms with Gasteiger partial charge in [-0.05, 0) is 38.2 Å². The number of nitrogens with zero attached hydrogens (tertiary/aromatic N) is 1. The summed E-state index contributed by atoms with van der Waals surface area (Å²) in [6.07, 6.45) is 9.43. The van der Waals surface area contributed by atoms with Crippen molar-refractivity contribution in [3.63, 3.8) is 0 Å². The average molecular weight is 305 g/mol. The molecule has 0 aromatic carbocycles. The van der Waals surface area contributed by atoms with Crippen molar-refractivity contribution in [2.75, 3.05) is 6.26 Å². The predicted octanol–water partition coefficient (Wildman–Crippen LogP) is 3.74. The first-order valence-electron chi connectivity index (χ1n) is 7.63. The van der Waals surface area contributed by atoms with E-state index in [0.29, 0.717) is 6.04 Å². The zero-order valence-electron chi connectivity index (χ0n) is 12.7. The molecule has 2 N–H and O–H groups in total. The number of aromatic amines is 1. The number of rotatable bonds is 5. The molecule has 4 nitrogen and oxygen atoms in total. The number of nitrogens with one attached hydrogen (secondary N) is 2. The summed E-state index contributed by atoms with van der Waals surface area (Å²) in [4.78, 5) is 0. The van der Waals surface area contributed by atoms with Gasteiger partial charge in [-0.25, -0.2) is 0 Å². The highest BCUT2D eigenvalue weighted by Crippen LogP contribution is 2.28. The summed E-state index contributed by atoms with van der Waals surface area (Å²) in [5.74, 6) is 1.79.